The molecule has 1 aromatic carbocycles. The number of nitrogens with two attached hydrogens (primary N) is 1. The molecule has 7 nitrogen and oxygen atoms in total. The minimum Gasteiger partial charge on any atom is -0.381 e. The van der Waals surface area contributed by atoms with Crippen LogP contribution in [-0.2, 0) is 24.8 Å². The van der Waals surface area contributed by atoms with Crippen LogP contribution in [0.5, 0.6) is 0 Å². The lowest BCUT2D eigenvalue weighted by Gasteiger charge is -2.12. The van der Waals surface area contributed by atoms with E-state index < -0.39 is 20.0 Å². The number of hydrogen-bond donors (Lipinski definition) is 2. The van der Waals surface area contributed by atoms with Crippen LogP contribution in [0.1, 0.15) is 12.5 Å². The van der Waals surface area contributed by atoms with Gasteiger partial charge in [0.05, 0.1) is 22.9 Å². The Morgan fingerprint density at radius 2 is 1.90 bits per heavy atom. The first-order valence-electron chi connectivity index (χ1n) is 5.98. The van der Waals surface area contributed by atoms with Crippen molar-refractivity contribution in [1.82, 2.24) is 0 Å². The lowest BCUT2D eigenvalue weighted by molar-refractivity contribution is 0.163. The molecular weight excluding hydrogens is 384 g/mol. The van der Waals surface area contributed by atoms with Gasteiger partial charge in [-0.05, 0) is 47.5 Å². The molecule has 0 aliphatic heterocycles. The van der Waals surface area contributed by atoms with Crippen LogP contribution in [0.25, 0.3) is 0 Å². The van der Waals surface area contributed by atoms with Crippen molar-refractivity contribution in [3.63, 3.8) is 0 Å². The number of benzene rings is 1. The highest BCUT2D eigenvalue weighted by atomic mass is 79.9. The molecule has 0 saturated heterocycles. The van der Waals surface area contributed by atoms with E-state index in [0.29, 0.717) is 12.2 Å². The van der Waals surface area contributed by atoms with Crippen molar-refractivity contribution in [3.05, 3.63) is 22.2 Å². The first kappa shape index (κ1) is 18.4. The lowest BCUT2D eigenvalue weighted by Crippen LogP contribution is -2.21. The lowest BCUT2D eigenvalue weighted by atomic mass is 10.2. The van der Waals surface area contributed by atoms with Crippen molar-refractivity contribution in [1.29, 1.82) is 0 Å². The van der Waals surface area contributed by atoms with E-state index in [4.69, 9.17) is 9.88 Å². The number of anilines is 1. The van der Waals surface area contributed by atoms with E-state index in [1.54, 1.807) is 6.92 Å². The Morgan fingerprint density at radius 1 is 1.29 bits per heavy atom. The van der Waals surface area contributed by atoms with Gasteiger partial charge in [-0.25, -0.2) is 22.0 Å². The highest BCUT2D eigenvalue weighted by Gasteiger charge is 2.17. The molecule has 0 spiro atoms. The van der Waals surface area contributed by atoms with Gasteiger partial charge in [0.2, 0.25) is 20.0 Å². The fraction of sp³-hybridized carbons (Fsp3) is 0.455. The molecule has 21 heavy (non-hydrogen) atoms. The van der Waals surface area contributed by atoms with Gasteiger partial charge in [0, 0.05) is 11.1 Å². The Hall–Kier alpha value is -0.680. The van der Waals surface area contributed by atoms with Gasteiger partial charge in [0.25, 0.3) is 0 Å². The zero-order chi connectivity index (χ0) is 16.3. The van der Waals surface area contributed by atoms with Gasteiger partial charge in [-0.1, -0.05) is 0 Å². The van der Waals surface area contributed by atoms with Gasteiger partial charge in [-0.15, -0.1) is 0 Å². The molecule has 1 aromatic rings. The molecule has 0 amide bonds. The van der Waals surface area contributed by atoms with Crippen LogP contribution < -0.4 is 9.86 Å². The molecule has 0 aromatic heterocycles. The molecular formula is C11H17BrN2O5S2. The quantitative estimate of drug-likeness (QED) is 0.666. The predicted octanol–water partition coefficient (Wildman–Crippen LogP) is 1.18. The molecule has 10 heteroatoms. The fourth-order valence-electron chi connectivity index (χ4n) is 1.58. The smallest absolute Gasteiger partial charge is 0.238 e. The van der Waals surface area contributed by atoms with E-state index in [1.165, 1.54) is 19.1 Å². The molecule has 1 rings (SSSR count). The van der Waals surface area contributed by atoms with Gasteiger partial charge < -0.3 is 4.74 Å². The molecule has 0 unspecified atom stereocenters. The van der Waals surface area contributed by atoms with Crippen LogP contribution in [-0.4, -0.2) is 35.8 Å². The summed E-state index contributed by atoms with van der Waals surface area (Å²) in [6.07, 6.45) is 0. The van der Waals surface area contributed by atoms with E-state index in [2.05, 4.69) is 20.7 Å². The average molecular weight is 401 g/mol. The van der Waals surface area contributed by atoms with E-state index in [0.717, 1.165) is 0 Å². The fourth-order valence-corrected chi connectivity index (χ4v) is 4.04. The Balaban J connectivity index is 3.03. The van der Waals surface area contributed by atoms with Crippen molar-refractivity contribution in [2.75, 3.05) is 23.7 Å². The number of rotatable bonds is 7. The first-order chi connectivity index (χ1) is 9.57. The van der Waals surface area contributed by atoms with Crippen LogP contribution in [0.4, 0.5) is 5.69 Å². The molecule has 0 radical (unpaired) electrons. The number of ether oxygens (including phenoxy) is 1. The van der Waals surface area contributed by atoms with Gasteiger partial charge in [0.1, 0.15) is 0 Å². The van der Waals surface area contributed by atoms with Crippen molar-refractivity contribution in [2.45, 2.75) is 18.7 Å². The van der Waals surface area contributed by atoms with Crippen LogP contribution in [0.3, 0.4) is 0 Å². The van der Waals surface area contributed by atoms with Crippen LogP contribution in [0.15, 0.2) is 21.5 Å². The third kappa shape index (κ3) is 5.55. The molecule has 0 heterocycles. The minimum absolute atomic E-state index is 0.0633. The van der Waals surface area contributed by atoms with E-state index in [-0.39, 0.29) is 27.4 Å². The topological polar surface area (TPSA) is 116 Å². The van der Waals surface area contributed by atoms with E-state index in [1.807, 2.05) is 0 Å². The Bertz CT molecular complexity index is 716. The Morgan fingerprint density at radius 3 is 2.43 bits per heavy atom. The summed E-state index contributed by atoms with van der Waals surface area (Å²) in [6, 6.07) is 2.67. The Labute approximate surface area is 133 Å². The van der Waals surface area contributed by atoms with Crippen LogP contribution >= 0.6 is 15.9 Å². The average Bonchev–Trinajstić information content (AvgIpc) is 2.31. The second-order valence-corrected chi connectivity index (χ2v) is 8.49. The number of hydrogen-bond acceptors (Lipinski definition) is 5. The summed E-state index contributed by atoms with van der Waals surface area (Å²) in [4.78, 5) is -0.0633. The van der Waals surface area contributed by atoms with Crippen molar-refractivity contribution in [2.24, 2.45) is 5.14 Å². The van der Waals surface area contributed by atoms with Gasteiger partial charge >= 0.3 is 0 Å². The van der Waals surface area contributed by atoms with Gasteiger partial charge in [0.15, 0.2) is 0 Å². The zero-order valence-electron chi connectivity index (χ0n) is 11.6. The number of halogens is 1. The molecule has 120 valence electrons. The maximum absolute atomic E-state index is 11.9. The van der Waals surface area contributed by atoms with Gasteiger partial charge in [-0.2, -0.15) is 0 Å². The minimum atomic E-state index is -3.86. The second-order valence-electron chi connectivity index (χ2n) is 4.26. The largest absolute Gasteiger partial charge is 0.381 e. The van der Waals surface area contributed by atoms with Crippen molar-refractivity contribution < 1.29 is 21.6 Å². The predicted molar refractivity (Wildman–Crippen MR) is 84.2 cm³/mol. The highest BCUT2D eigenvalue weighted by molar-refractivity contribution is 9.10. The summed E-state index contributed by atoms with van der Waals surface area (Å²) in [7, 11) is -7.44. The molecule has 0 saturated carbocycles. The molecule has 0 bridgehead atoms. The summed E-state index contributed by atoms with van der Waals surface area (Å²) >= 11 is 3.13. The molecule has 3 N–H and O–H groups in total. The monoisotopic (exact) mass is 400 g/mol. The number of nitrogens with one attached hydrogen (secondary N) is 1. The maximum atomic E-state index is 11.9. The highest BCUT2D eigenvalue weighted by Crippen LogP contribution is 2.29. The molecule has 0 aliphatic carbocycles. The van der Waals surface area contributed by atoms with E-state index >= 15 is 0 Å². The summed E-state index contributed by atoms with van der Waals surface area (Å²) in [5.74, 6) is -0.191. The summed E-state index contributed by atoms with van der Waals surface area (Å²) < 4.78 is 54.1. The first-order valence-corrected chi connectivity index (χ1v) is 9.97. The zero-order valence-corrected chi connectivity index (χ0v) is 14.8. The number of sulfonamides is 2. The van der Waals surface area contributed by atoms with Crippen molar-refractivity contribution in [3.8, 4) is 0 Å². The number of aryl methyl sites for hydroxylation is 1. The van der Waals surface area contributed by atoms with Crippen molar-refractivity contribution >= 4 is 41.7 Å². The normalized spacial score (nSPS) is 12.4. The molecule has 0 atom stereocenters. The third-order valence-electron chi connectivity index (χ3n) is 2.54. The van der Waals surface area contributed by atoms with Crippen LogP contribution in [0, 0.1) is 6.92 Å². The third-order valence-corrected chi connectivity index (χ3v) is 5.48. The Kier molecular flexibility index (Phi) is 6.17. The standard InChI is InChI=1S/C11H17BrN2O5S2/c1-3-19-4-5-20(15,16)14-10-6-8(2)11(7-9(10)12)21(13,17)18/h6-7,14H,3-5H2,1-2H3,(H2,13,17,18). The van der Waals surface area contributed by atoms with E-state index in [9.17, 15) is 16.8 Å². The SMILES string of the molecule is CCOCCS(=O)(=O)Nc1cc(C)c(S(N)(=O)=O)cc1Br. The number of primary sulfonamides is 1. The maximum Gasteiger partial charge on any atom is 0.238 e. The van der Waals surface area contributed by atoms with Gasteiger partial charge in [-0.3, -0.25) is 4.72 Å². The van der Waals surface area contributed by atoms with Crippen LogP contribution in [0.2, 0.25) is 0 Å². The molecule has 0 fully saturated rings. The summed E-state index contributed by atoms with van der Waals surface area (Å²) in [5, 5.41) is 5.08. The summed E-state index contributed by atoms with van der Waals surface area (Å²) in [5.41, 5.74) is 0.597. The second kappa shape index (κ2) is 7.05. The summed E-state index contributed by atoms with van der Waals surface area (Å²) in [6.45, 7) is 3.81. The molecule has 0 aliphatic rings.